The molecule has 3 atom stereocenters. The fourth-order valence-electron chi connectivity index (χ4n) is 2.76. The SMILES string of the molecule is C/C1=C/C=C\CC[C@H](C)CNC(=O)/C=C\C=C/[C@H](C)[C@@H](O)C/C=C(/C)C1. The van der Waals surface area contributed by atoms with Crippen LogP contribution in [-0.2, 0) is 4.79 Å². The predicted octanol–water partition coefficient (Wildman–Crippen LogP) is 4.87. The van der Waals surface area contributed by atoms with E-state index in [0.717, 1.165) is 19.3 Å². The first kappa shape index (κ1) is 22.2. The molecule has 0 radical (unpaired) electrons. The molecule has 0 aliphatic carbocycles. The maximum absolute atomic E-state index is 11.8. The first-order valence-corrected chi connectivity index (χ1v) is 9.67. The topological polar surface area (TPSA) is 49.3 Å². The van der Waals surface area contributed by atoms with Gasteiger partial charge in [0, 0.05) is 18.5 Å². The zero-order valence-corrected chi connectivity index (χ0v) is 16.7. The van der Waals surface area contributed by atoms with Gasteiger partial charge < -0.3 is 10.4 Å². The van der Waals surface area contributed by atoms with Crippen LogP contribution in [0.1, 0.15) is 53.4 Å². The third-order valence-electron chi connectivity index (χ3n) is 4.61. The van der Waals surface area contributed by atoms with Gasteiger partial charge in [0.05, 0.1) is 6.10 Å². The van der Waals surface area contributed by atoms with E-state index in [2.05, 4.69) is 50.4 Å². The average Bonchev–Trinajstić information content (AvgIpc) is 2.60. The lowest BCUT2D eigenvalue weighted by Crippen LogP contribution is -2.26. The van der Waals surface area contributed by atoms with Gasteiger partial charge in [-0.15, -0.1) is 0 Å². The van der Waals surface area contributed by atoms with Crippen molar-refractivity contribution in [2.75, 3.05) is 6.54 Å². The quantitative estimate of drug-likeness (QED) is 0.608. The number of carbonyl (C=O) groups is 1. The lowest BCUT2D eigenvalue weighted by Gasteiger charge is -2.14. The van der Waals surface area contributed by atoms with Crippen LogP contribution >= 0.6 is 0 Å². The maximum Gasteiger partial charge on any atom is 0.243 e. The highest BCUT2D eigenvalue weighted by Crippen LogP contribution is 2.15. The molecular formula is C23H35NO2. The second-order valence-electron chi connectivity index (χ2n) is 7.50. The van der Waals surface area contributed by atoms with Gasteiger partial charge in [0.25, 0.3) is 0 Å². The van der Waals surface area contributed by atoms with Crippen molar-refractivity contribution >= 4 is 5.91 Å². The number of carbonyl (C=O) groups excluding carboxylic acids is 1. The zero-order chi connectivity index (χ0) is 19.4. The Morgan fingerprint density at radius 3 is 2.65 bits per heavy atom. The van der Waals surface area contributed by atoms with Crippen LogP contribution in [0.5, 0.6) is 0 Å². The first-order valence-electron chi connectivity index (χ1n) is 9.67. The molecule has 0 spiro atoms. The van der Waals surface area contributed by atoms with Gasteiger partial charge in [0.1, 0.15) is 0 Å². The molecule has 1 aliphatic rings. The van der Waals surface area contributed by atoms with E-state index in [-0.39, 0.29) is 11.8 Å². The third-order valence-corrected chi connectivity index (χ3v) is 4.61. The molecule has 144 valence electrons. The number of hydrogen-bond acceptors (Lipinski definition) is 2. The van der Waals surface area contributed by atoms with Crippen molar-refractivity contribution in [3.8, 4) is 0 Å². The van der Waals surface area contributed by atoms with E-state index in [1.54, 1.807) is 6.08 Å². The third kappa shape index (κ3) is 10.2. The molecule has 0 aromatic rings. The minimum atomic E-state index is -0.418. The fourth-order valence-corrected chi connectivity index (χ4v) is 2.76. The standard InChI is InChI=1S/C23H35NO2/c1-18-10-6-5-7-11-20(3)17-24-23(26)13-9-8-12-21(4)22(25)15-14-19(2)16-18/h5-6,8-10,12-14,20-22,25H,7,11,15-17H2,1-4H3,(H,24,26)/b6-5-,12-8-,13-9-,18-10-,19-14-/t20-,21-,22-/m0/s1. The maximum atomic E-state index is 11.8. The summed E-state index contributed by atoms with van der Waals surface area (Å²) in [6, 6.07) is 0. The summed E-state index contributed by atoms with van der Waals surface area (Å²) in [6.07, 6.45) is 18.9. The Morgan fingerprint density at radius 2 is 1.88 bits per heavy atom. The van der Waals surface area contributed by atoms with E-state index in [4.69, 9.17) is 0 Å². The fraction of sp³-hybridized carbons (Fsp3) is 0.522. The van der Waals surface area contributed by atoms with Crippen molar-refractivity contribution in [1.29, 1.82) is 0 Å². The molecule has 0 fully saturated rings. The van der Waals surface area contributed by atoms with Crippen molar-refractivity contribution in [1.82, 2.24) is 5.32 Å². The van der Waals surface area contributed by atoms with Gasteiger partial charge in [-0.25, -0.2) is 0 Å². The Kier molecular flexibility index (Phi) is 10.6. The van der Waals surface area contributed by atoms with Crippen LogP contribution in [-0.4, -0.2) is 23.7 Å². The van der Waals surface area contributed by atoms with E-state index in [0.29, 0.717) is 18.9 Å². The van der Waals surface area contributed by atoms with Gasteiger partial charge in [-0.1, -0.05) is 67.5 Å². The van der Waals surface area contributed by atoms with Crippen molar-refractivity contribution in [3.05, 3.63) is 59.8 Å². The largest absolute Gasteiger partial charge is 0.392 e. The molecule has 1 aliphatic heterocycles. The molecule has 0 saturated carbocycles. The highest BCUT2D eigenvalue weighted by Gasteiger charge is 2.09. The van der Waals surface area contributed by atoms with Crippen molar-refractivity contribution in [2.24, 2.45) is 11.8 Å². The van der Waals surface area contributed by atoms with Crippen LogP contribution in [0.25, 0.3) is 0 Å². The molecule has 0 aromatic carbocycles. The van der Waals surface area contributed by atoms with Crippen molar-refractivity contribution < 1.29 is 9.90 Å². The Morgan fingerprint density at radius 1 is 1.12 bits per heavy atom. The molecule has 0 bridgehead atoms. The van der Waals surface area contributed by atoms with Crippen LogP contribution in [0, 0.1) is 11.8 Å². The molecule has 0 unspecified atom stereocenters. The zero-order valence-electron chi connectivity index (χ0n) is 16.7. The first-order chi connectivity index (χ1) is 12.4. The van der Waals surface area contributed by atoms with Crippen LogP contribution in [0.3, 0.4) is 0 Å². The highest BCUT2D eigenvalue weighted by atomic mass is 16.3. The van der Waals surface area contributed by atoms with Gasteiger partial charge in [-0.05, 0) is 45.4 Å². The van der Waals surface area contributed by atoms with E-state index < -0.39 is 6.10 Å². The number of allylic oxidation sites excluding steroid dienone is 7. The number of hydrogen-bond donors (Lipinski definition) is 2. The van der Waals surface area contributed by atoms with Gasteiger partial charge >= 0.3 is 0 Å². The van der Waals surface area contributed by atoms with Crippen LogP contribution in [0.2, 0.25) is 0 Å². The summed E-state index contributed by atoms with van der Waals surface area (Å²) in [5.41, 5.74) is 2.60. The lowest BCUT2D eigenvalue weighted by molar-refractivity contribution is -0.116. The second kappa shape index (κ2) is 12.5. The van der Waals surface area contributed by atoms with Crippen LogP contribution in [0.4, 0.5) is 0 Å². The van der Waals surface area contributed by atoms with Crippen LogP contribution in [0.15, 0.2) is 59.8 Å². The summed E-state index contributed by atoms with van der Waals surface area (Å²) in [7, 11) is 0. The van der Waals surface area contributed by atoms with Crippen molar-refractivity contribution in [3.63, 3.8) is 0 Å². The van der Waals surface area contributed by atoms with Gasteiger partial charge in [0.15, 0.2) is 0 Å². The molecule has 3 nitrogen and oxygen atoms in total. The summed E-state index contributed by atoms with van der Waals surface area (Å²) >= 11 is 0. The summed E-state index contributed by atoms with van der Waals surface area (Å²) < 4.78 is 0. The molecule has 1 rings (SSSR count). The van der Waals surface area contributed by atoms with Crippen molar-refractivity contribution in [2.45, 2.75) is 59.5 Å². The molecule has 1 heterocycles. The minimum absolute atomic E-state index is 0.0388. The Bertz CT molecular complexity index is 581. The number of rotatable bonds is 0. The van der Waals surface area contributed by atoms with E-state index >= 15 is 0 Å². The number of amides is 1. The molecule has 3 heteroatoms. The number of aliphatic hydroxyl groups excluding tert-OH is 1. The normalized spacial score (nSPS) is 35.1. The Labute approximate surface area is 159 Å². The minimum Gasteiger partial charge on any atom is -0.392 e. The molecule has 2 N–H and O–H groups in total. The van der Waals surface area contributed by atoms with E-state index in [1.807, 2.05) is 19.1 Å². The van der Waals surface area contributed by atoms with Crippen LogP contribution < -0.4 is 5.32 Å². The van der Waals surface area contributed by atoms with E-state index in [1.165, 1.54) is 17.2 Å². The molecule has 26 heavy (non-hydrogen) atoms. The lowest BCUT2D eigenvalue weighted by atomic mass is 9.98. The Hall–Kier alpha value is -1.87. The van der Waals surface area contributed by atoms with Gasteiger partial charge in [-0.3, -0.25) is 4.79 Å². The summed E-state index contributed by atoms with van der Waals surface area (Å²) in [5, 5.41) is 13.2. The smallest absolute Gasteiger partial charge is 0.243 e. The van der Waals surface area contributed by atoms with Gasteiger partial charge in [0.2, 0.25) is 5.91 Å². The monoisotopic (exact) mass is 357 g/mol. The molecule has 0 aromatic heterocycles. The van der Waals surface area contributed by atoms with E-state index in [9.17, 15) is 9.90 Å². The molecule has 1 amide bonds. The highest BCUT2D eigenvalue weighted by molar-refractivity contribution is 5.87. The average molecular weight is 358 g/mol. The molecular weight excluding hydrogens is 322 g/mol. The second-order valence-corrected chi connectivity index (χ2v) is 7.50. The predicted molar refractivity (Wildman–Crippen MR) is 111 cm³/mol. The molecule has 0 saturated heterocycles. The van der Waals surface area contributed by atoms with Gasteiger partial charge in [-0.2, -0.15) is 0 Å². The summed E-state index contributed by atoms with van der Waals surface area (Å²) in [6.45, 7) is 9.09. The number of aliphatic hydroxyl groups is 1. The summed E-state index contributed by atoms with van der Waals surface area (Å²) in [4.78, 5) is 11.8. The Balaban J connectivity index is 2.80. The summed E-state index contributed by atoms with van der Waals surface area (Å²) in [5.74, 6) is 0.414. The number of nitrogens with one attached hydrogen (secondary N) is 1.